The van der Waals surface area contributed by atoms with Gasteiger partial charge in [-0.3, -0.25) is 24.3 Å². The van der Waals surface area contributed by atoms with Crippen LogP contribution in [0.5, 0.6) is 11.5 Å². The van der Waals surface area contributed by atoms with Gasteiger partial charge in [-0.15, -0.1) is 10.2 Å². The zero-order chi connectivity index (χ0) is 35.2. The molecule has 0 unspecified atom stereocenters. The van der Waals surface area contributed by atoms with E-state index in [2.05, 4.69) is 15.5 Å². The van der Waals surface area contributed by atoms with Gasteiger partial charge in [0.25, 0.3) is 17.5 Å². The number of hydrazone groups is 1. The largest absolute Gasteiger partial charge is 0.497 e. The number of non-ortho nitro benzene ring substituents is 1. The fourth-order valence-electron chi connectivity index (χ4n) is 5.35. The van der Waals surface area contributed by atoms with E-state index in [1.165, 1.54) is 48.5 Å². The first-order valence-corrected chi connectivity index (χ1v) is 16.3. The molecule has 2 amide bonds. The van der Waals surface area contributed by atoms with Gasteiger partial charge in [-0.1, -0.05) is 30.0 Å². The standard InChI is InChI=1S/C35H30FN7O6S/c1-48-28-16-8-22(9-17-28)30-19-31(23-6-10-25(36)11-7-23)42(40-30)33(44)21-50-35-39-38-32(41(35)26-12-14-27(15-13-26)43(46)47)20-37-34(45)24-4-3-5-29(18-24)49-2/h3-18,31H,19-21H2,1-2H3,(H,37,45)/t31-/m0/s1. The van der Waals surface area contributed by atoms with E-state index in [-0.39, 0.29) is 29.8 Å². The van der Waals surface area contributed by atoms with Crippen molar-refractivity contribution in [2.24, 2.45) is 5.10 Å². The van der Waals surface area contributed by atoms with Crippen LogP contribution in [-0.2, 0) is 11.3 Å². The van der Waals surface area contributed by atoms with E-state index >= 15 is 0 Å². The molecule has 0 aliphatic carbocycles. The third-order valence-electron chi connectivity index (χ3n) is 7.93. The monoisotopic (exact) mass is 695 g/mol. The summed E-state index contributed by atoms with van der Waals surface area (Å²) >= 11 is 1.09. The lowest BCUT2D eigenvalue weighted by Gasteiger charge is -2.22. The minimum atomic E-state index is -0.506. The number of halogens is 1. The lowest BCUT2D eigenvalue weighted by Crippen LogP contribution is -2.28. The number of ether oxygens (including phenoxy) is 2. The Hall–Kier alpha value is -6.09. The Kier molecular flexibility index (Phi) is 10.1. The normalized spacial score (nSPS) is 13.9. The van der Waals surface area contributed by atoms with Crippen molar-refractivity contribution in [2.45, 2.75) is 24.2 Å². The Balaban J connectivity index is 1.26. The van der Waals surface area contributed by atoms with Gasteiger partial charge in [-0.2, -0.15) is 5.10 Å². The van der Waals surface area contributed by atoms with E-state index in [9.17, 15) is 24.1 Å². The molecule has 0 fully saturated rings. The highest BCUT2D eigenvalue weighted by molar-refractivity contribution is 7.99. The highest BCUT2D eigenvalue weighted by Gasteiger charge is 2.33. The van der Waals surface area contributed by atoms with E-state index in [1.807, 2.05) is 24.3 Å². The Morgan fingerprint density at radius 1 is 0.960 bits per heavy atom. The molecule has 2 heterocycles. The SMILES string of the molecule is COc1ccc(C2=NN(C(=O)CSc3nnc(CNC(=O)c4cccc(OC)c4)n3-c3ccc([N+](=O)[O-])cc3)[C@H](c3ccc(F)cc3)C2)cc1. The van der Waals surface area contributed by atoms with Crippen molar-refractivity contribution < 1.29 is 28.4 Å². The van der Waals surface area contributed by atoms with E-state index < -0.39 is 16.8 Å². The van der Waals surface area contributed by atoms with Gasteiger partial charge in [-0.25, -0.2) is 9.40 Å². The molecule has 0 bridgehead atoms. The van der Waals surface area contributed by atoms with E-state index in [1.54, 1.807) is 48.1 Å². The number of nitrogens with zero attached hydrogens (tertiary/aromatic N) is 6. The molecule has 0 spiro atoms. The highest BCUT2D eigenvalue weighted by Crippen LogP contribution is 2.34. The van der Waals surface area contributed by atoms with Gasteiger partial charge in [0.15, 0.2) is 11.0 Å². The maximum Gasteiger partial charge on any atom is 0.269 e. The molecule has 1 aliphatic rings. The summed E-state index contributed by atoms with van der Waals surface area (Å²) in [6, 6.07) is 25.3. The molecule has 0 radical (unpaired) electrons. The maximum atomic E-state index is 13.8. The summed E-state index contributed by atoms with van der Waals surface area (Å²) in [4.78, 5) is 37.6. The first-order chi connectivity index (χ1) is 24.2. The van der Waals surface area contributed by atoms with Gasteiger partial charge < -0.3 is 14.8 Å². The Labute approximate surface area is 289 Å². The molecule has 0 saturated heterocycles. The van der Waals surface area contributed by atoms with Crippen LogP contribution in [0.3, 0.4) is 0 Å². The van der Waals surface area contributed by atoms with Crippen LogP contribution >= 0.6 is 11.8 Å². The second-order valence-electron chi connectivity index (χ2n) is 11.0. The lowest BCUT2D eigenvalue weighted by atomic mass is 9.98. The smallest absolute Gasteiger partial charge is 0.269 e. The summed E-state index contributed by atoms with van der Waals surface area (Å²) in [6.45, 7) is -0.0389. The molecule has 1 N–H and O–H groups in total. The van der Waals surface area contributed by atoms with Gasteiger partial charge in [0.2, 0.25) is 0 Å². The van der Waals surface area contributed by atoms with Gasteiger partial charge in [-0.05, 0) is 77.9 Å². The zero-order valence-electron chi connectivity index (χ0n) is 26.9. The number of hydrogen-bond acceptors (Lipinski definition) is 10. The number of nitro benzene ring substituents is 1. The molecule has 13 nitrogen and oxygen atoms in total. The van der Waals surface area contributed by atoms with Crippen LogP contribution in [-0.4, -0.2) is 62.2 Å². The van der Waals surface area contributed by atoms with Crippen molar-refractivity contribution in [2.75, 3.05) is 20.0 Å². The minimum absolute atomic E-state index is 0.0389. The average Bonchev–Trinajstić information content (AvgIpc) is 3.78. The van der Waals surface area contributed by atoms with Crippen LogP contribution in [0.2, 0.25) is 0 Å². The van der Waals surface area contributed by atoms with Crippen LogP contribution < -0.4 is 14.8 Å². The third-order valence-corrected chi connectivity index (χ3v) is 8.84. The number of carbonyl (C=O) groups is 2. The first-order valence-electron chi connectivity index (χ1n) is 15.3. The summed E-state index contributed by atoms with van der Waals surface area (Å²) in [5, 5.41) is 29.1. The Bertz CT molecular complexity index is 2050. The summed E-state index contributed by atoms with van der Waals surface area (Å²) in [5.41, 5.74) is 2.99. The van der Waals surface area contributed by atoms with Crippen LogP contribution in [0.15, 0.2) is 107 Å². The molecule has 50 heavy (non-hydrogen) atoms. The molecule has 1 aromatic heterocycles. The number of aromatic nitrogens is 3. The van der Waals surface area contributed by atoms with Crippen molar-refractivity contribution in [1.82, 2.24) is 25.1 Å². The minimum Gasteiger partial charge on any atom is -0.497 e. The number of nitro groups is 1. The lowest BCUT2D eigenvalue weighted by molar-refractivity contribution is -0.384. The van der Waals surface area contributed by atoms with Crippen molar-refractivity contribution >= 4 is 35.0 Å². The number of carbonyl (C=O) groups excluding carboxylic acids is 2. The van der Waals surface area contributed by atoms with E-state index in [0.717, 1.165) is 22.9 Å². The fraction of sp³-hybridized carbons (Fsp3) is 0.171. The topological polar surface area (TPSA) is 154 Å². The Morgan fingerprint density at radius 3 is 2.36 bits per heavy atom. The van der Waals surface area contributed by atoms with Crippen LogP contribution in [0, 0.1) is 15.9 Å². The number of benzene rings is 4. The molecular weight excluding hydrogens is 665 g/mol. The number of methoxy groups -OCH3 is 2. The van der Waals surface area contributed by atoms with Crippen molar-refractivity contribution in [3.63, 3.8) is 0 Å². The third kappa shape index (κ3) is 7.47. The van der Waals surface area contributed by atoms with Crippen LogP contribution in [0.4, 0.5) is 10.1 Å². The summed E-state index contributed by atoms with van der Waals surface area (Å²) < 4.78 is 25.9. The second kappa shape index (κ2) is 15.0. The molecule has 4 aromatic carbocycles. The van der Waals surface area contributed by atoms with E-state index in [4.69, 9.17) is 14.6 Å². The molecule has 1 atom stereocenters. The van der Waals surface area contributed by atoms with Crippen molar-refractivity contribution in [3.05, 3.63) is 136 Å². The number of amides is 2. The predicted molar refractivity (Wildman–Crippen MR) is 183 cm³/mol. The highest BCUT2D eigenvalue weighted by atomic mass is 32.2. The van der Waals surface area contributed by atoms with Gasteiger partial charge in [0, 0.05) is 29.8 Å². The number of rotatable bonds is 12. The molecule has 254 valence electrons. The first kappa shape index (κ1) is 33.8. The number of hydrogen-bond donors (Lipinski definition) is 1. The fourth-order valence-corrected chi connectivity index (χ4v) is 6.18. The number of thioether (sulfide) groups is 1. The zero-order valence-corrected chi connectivity index (χ0v) is 27.7. The molecule has 6 rings (SSSR count). The molecule has 5 aromatic rings. The summed E-state index contributed by atoms with van der Waals surface area (Å²) in [7, 11) is 3.08. The van der Waals surface area contributed by atoms with Crippen LogP contribution in [0.25, 0.3) is 5.69 Å². The summed E-state index contributed by atoms with van der Waals surface area (Å²) in [6.07, 6.45) is 0.407. The van der Waals surface area contributed by atoms with Crippen molar-refractivity contribution in [1.29, 1.82) is 0 Å². The van der Waals surface area contributed by atoms with Gasteiger partial charge in [0.1, 0.15) is 17.3 Å². The summed E-state index contributed by atoms with van der Waals surface area (Å²) in [5.74, 6) is 0.334. The molecular formula is C35H30FN7O6S. The van der Waals surface area contributed by atoms with E-state index in [0.29, 0.717) is 45.9 Å². The molecule has 15 heteroatoms. The average molecular weight is 696 g/mol. The van der Waals surface area contributed by atoms with Crippen LogP contribution in [0.1, 0.15) is 39.8 Å². The second-order valence-corrected chi connectivity index (χ2v) is 11.9. The Morgan fingerprint density at radius 2 is 1.68 bits per heavy atom. The van der Waals surface area contributed by atoms with Crippen molar-refractivity contribution in [3.8, 4) is 17.2 Å². The maximum absolute atomic E-state index is 13.8. The quantitative estimate of drug-likeness (QED) is 0.0979. The molecule has 1 aliphatic heterocycles. The predicted octanol–water partition coefficient (Wildman–Crippen LogP) is 5.73. The van der Waals surface area contributed by atoms with Gasteiger partial charge in [0.05, 0.1) is 43.2 Å². The number of nitrogens with one attached hydrogen (secondary N) is 1. The molecule has 0 saturated carbocycles. The van der Waals surface area contributed by atoms with Gasteiger partial charge >= 0.3 is 0 Å².